The molecule has 0 aliphatic carbocycles. The molecule has 1 heterocycles. The molecule has 0 radical (unpaired) electrons. The first kappa shape index (κ1) is 20.4. The highest BCUT2D eigenvalue weighted by atomic mass is 19.3. The Morgan fingerprint density at radius 2 is 2.12 bits per heavy atom. The van der Waals surface area contributed by atoms with E-state index in [9.17, 15) is 8.78 Å². The zero-order valence-electron chi connectivity index (χ0n) is 15.9. The normalized spacial score (nSPS) is 18.4. The second-order valence-electron chi connectivity index (χ2n) is 6.76. The van der Waals surface area contributed by atoms with Crippen LogP contribution >= 0.6 is 0 Å². The van der Waals surface area contributed by atoms with Gasteiger partial charge in [-0.3, -0.25) is 4.99 Å². The Labute approximate surface area is 155 Å². The molecule has 2 rings (SSSR count). The topological polar surface area (TPSA) is 40.1 Å². The van der Waals surface area contributed by atoms with Gasteiger partial charge in [-0.15, -0.1) is 0 Å². The van der Waals surface area contributed by atoms with Crippen LogP contribution in [0.1, 0.15) is 25.3 Å². The predicted octanol–water partition coefficient (Wildman–Crippen LogP) is 3.03. The van der Waals surface area contributed by atoms with Crippen LogP contribution in [0.3, 0.4) is 0 Å². The fourth-order valence-corrected chi connectivity index (χ4v) is 3.34. The van der Waals surface area contributed by atoms with Gasteiger partial charge in [0.1, 0.15) is 5.75 Å². The smallest absolute Gasteiger partial charge is 0.387 e. The first-order valence-corrected chi connectivity index (χ1v) is 9.19. The lowest BCUT2D eigenvalue weighted by Crippen LogP contribution is -2.41. The summed E-state index contributed by atoms with van der Waals surface area (Å²) in [6.45, 7) is 4.48. The lowest BCUT2D eigenvalue weighted by molar-refractivity contribution is -0.0498. The van der Waals surface area contributed by atoms with E-state index < -0.39 is 6.61 Å². The van der Waals surface area contributed by atoms with Crippen LogP contribution in [-0.4, -0.2) is 62.6 Å². The predicted molar refractivity (Wildman–Crippen MR) is 101 cm³/mol. The van der Waals surface area contributed by atoms with Crippen molar-refractivity contribution >= 4 is 5.96 Å². The van der Waals surface area contributed by atoms with Gasteiger partial charge in [-0.25, -0.2) is 0 Å². The largest absolute Gasteiger partial charge is 0.435 e. The number of likely N-dealkylation sites (tertiary alicyclic amines) is 1. The first-order chi connectivity index (χ1) is 12.5. The van der Waals surface area contributed by atoms with Gasteiger partial charge in [-0.2, -0.15) is 8.78 Å². The number of benzene rings is 1. The van der Waals surface area contributed by atoms with Crippen molar-refractivity contribution in [2.24, 2.45) is 10.9 Å². The average Bonchev–Trinajstić information content (AvgIpc) is 3.04. The molecule has 1 aliphatic heterocycles. The average molecular weight is 368 g/mol. The quantitative estimate of drug-likeness (QED) is 0.566. The van der Waals surface area contributed by atoms with Crippen molar-refractivity contribution in [3.8, 4) is 5.75 Å². The molecule has 26 heavy (non-hydrogen) atoms. The summed E-state index contributed by atoms with van der Waals surface area (Å²) < 4.78 is 28.8. The van der Waals surface area contributed by atoms with Crippen LogP contribution < -0.4 is 10.1 Å². The summed E-state index contributed by atoms with van der Waals surface area (Å²) in [7, 11) is 3.74. The fourth-order valence-electron chi connectivity index (χ4n) is 3.34. The van der Waals surface area contributed by atoms with E-state index in [1.807, 2.05) is 11.9 Å². The highest BCUT2D eigenvalue weighted by molar-refractivity contribution is 5.79. The van der Waals surface area contributed by atoms with Crippen molar-refractivity contribution in [3.05, 3.63) is 29.8 Å². The van der Waals surface area contributed by atoms with E-state index in [0.717, 1.165) is 24.6 Å². The minimum absolute atomic E-state index is 0.173. The molecule has 0 saturated carbocycles. The van der Waals surface area contributed by atoms with E-state index in [0.29, 0.717) is 12.5 Å². The van der Waals surface area contributed by atoms with Crippen molar-refractivity contribution in [1.82, 2.24) is 15.1 Å². The molecule has 1 fully saturated rings. The lowest BCUT2D eigenvalue weighted by Gasteiger charge is -2.24. The highest BCUT2D eigenvalue weighted by Crippen LogP contribution is 2.17. The second-order valence-corrected chi connectivity index (χ2v) is 6.76. The maximum Gasteiger partial charge on any atom is 0.387 e. The van der Waals surface area contributed by atoms with Crippen LogP contribution in [0.4, 0.5) is 8.78 Å². The molecule has 0 bridgehead atoms. The number of hydrogen-bond acceptors (Lipinski definition) is 3. The van der Waals surface area contributed by atoms with Gasteiger partial charge in [0.05, 0.1) is 0 Å². The van der Waals surface area contributed by atoms with Crippen LogP contribution in [-0.2, 0) is 6.54 Å². The van der Waals surface area contributed by atoms with Crippen LogP contribution in [0.5, 0.6) is 5.75 Å². The van der Waals surface area contributed by atoms with E-state index in [-0.39, 0.29) is 5.75 Å². The third-order valence-corrected chi connectivity index (χ3v) is 4.60. The maximum absolute atomic E-state index is 12.2. The van der Waals surface area contributed by atoms with Crippen molar-refractivity contribution < 1.29 is 13.5 Å². The van der Waals surface area contributed by atoms with Crippen molar-refractivity contribution in [3.63, 3.8) is 0 Å². The summed E-state index contributed by atoms with van der Waals surface area (Å²) in [6.07, 6.45) is 2.42. The minimum atomic E-state index is -2.80. The van der Waals surface area contributed by atoms with Crippen molar-refractivity contribution in [2.75, 3.05) is 40.3 Å². The summed E-state index contributed by atoms with van der Waals surface area (Å²) in [6, 6.07) is 6.71. The Kier molecular flexibility index (Phi) is 8.09. The third kappa shape index (κ3) is 6.44. The molecule has 0 aromatic heterocycles. The summed E-state index contributed by atoms with van der Waals surface area (Å²) >= 11 is 0. The van der Waals surface area contributed by atoms with E-state index >= 15 is 0 Å². The summed E-state index contributed by atoms with van der Waals surface area (Å²) in [5, 5.41) is 3.46. The number of aliphatic imine (C=N–C) groups is 1. The van der Waals surface area contributed by atoms with E-state index in [1.165, 1.54) is 25.9 Å². The van der Waals surface area contributed by atoms with Crippen LogP contribution in [0.15, 0.2) is 29.3 Å². The SMILES string of the molecule is CCCN1CCC(CNC(=NC)N(C)Cc2ccc(OC(F)F)cc2)C1. The molecule has 7 heteroatoms. The fraction of sp³-hybridized carbons (Fsp3) is 0.632. The molecule has 146 valence electrons. The van der Waals surface area contributed by atoms with Crippen molar-refractivity contribution in [2.45, 2.75) is 32.9 Å². The summed E-state index contributed by atoms with van der Waals surface area (Å²) in [5.41, 5.74) is 1.01. The second kappa shape index (κ2) is 10.3. The van der Waals surface area contributed by atoms with Gasteiger partial charge in [0.25, 0.3) is 0 Å². The van der Waals surface area contributed by atoms with Gasteiger partial charge < -0.3 is 19.9 Å². The number of halogens is 2. The Morgan fingerprint density at radius 1 is 1.38 bits per heavy atom. The summed E-state index contributed by atoms with van der Waals surface area (Å²) in [4.78, 5) is 8.90. The van der Waals surface area contributed by atoms with E-state index in [2.05, 4.69) is 26.9 Å². The molecular weight excluding hydrogens is 338 g/mol. The number of rotatable bonds is 8. The monoisotopic (exact) mass is 368 g/mol. The molecule has 5 nitrogen and oxygen atoms in total. The molecule has 1 aromatic carbocycles. The Hall–Kier alpha value is -1.89. The number of alkyl halides is 2. The number of ether oxygens (including phenoxy) is 1. The minimum Gasteiger partial charge on any atom is -0.435 e. The van der Waals surface area contributed by atoms with Gasteiger partial charge in [-0.05, 0) is 49.5 Å². The van der Waals surface area contributed by atoms with Gasteiger partial charge in [0.2, 0.25) is 0 Å². The lowest BCUT2D eigenvalue weighted by atomic mass is 10.1. The zero-order valence-corrected chi connectivity index (χ0v) is 15.9. The molecule has 1 aliphatic rings. The van der Waals surface area contributed by atoms with Crippen LogP contribution in [0.25, 0.3) is 0 Å². The van der Waals surface area contributed by atoms with E-state index in [1.54, 1.807) is 31.3 Å². The zero-order chi connectivity index (χ0) is 18.9. The Morgan fingerprint density at radius 3 is 2.73 bits per heavy atom. The molecule has 1 unspecified atom stereocenters. The van der Waals surface area contributed by atoms with E-state index in [4.69, 9.17) is 0 Å². The molecule has 1 aromatic rings. The van der Waals surface area contributed by atoms with Crippen LogP contribution in [0.2, 0.25) is 0 Å². The Bertz CT molecular complexity index is 565. The summed E-state index contributed by atoms with van der Waals surface area (Å²) in [5.74, 6) is 1.66. The van der Waals surface area contributed by atoms with Gasteiger partial charge in [-0.1, -0.05) is 19.1 Å². The van der Waals surface area contributed by atoms with Crippen molar-refractivity contribution in [1.29, 1.82) is 0 Å². The van der Waals surface area contributed by atoms with Gasteiger partial charge >= 0.3 is 6.61 Å². The molecule has 1 N–H and O–H groups in total. The molecule has 1 atom stereocenters. The van der Waals surface area contributed by atoms with Gasteiger partial charge in [0, 0.05) is 33.7 Å². The number of nitrogens with one attached hydrogen (secondary N) is 1. The number of guanidine groups is 1. The molecule has 0 spiro atoms. The van der Waals surface area contributed by atoms with Gasteiger partial charge in [0.15, 0.2) is 5.96 Å². The van der Waals surface area contributed by atoms with Crippen LogP contribution in [0, 0.1) is 5.92 Å². The highest BCUT2D eigenvalue weighted by Gasteiger charge is 2.22. The molecule has 1 saturated heterocycles. The Balaban J connectivity index is 1.80. The molecular formula is C19H30F2N4O. The number of nitrogens with zero attached hydrogens (tertiary/aromatic N) is 3. The first-order valence-electron chi connectivity index (χ1n) is 9.19. The third-order valence-electron chi connectivity index (χ3n) is 4.60. The number of hydrogen-bond donors (Lipinski definition) is 1. The standard InChI is InChI=1S/C19H30F2N4O/c1-4-10-25-11-9-16(14-25)12-23-19(22-2)24(3)13-15-5-7-17(8-6-15)26-18(20)21/h5-8,16,18H,4,9-14H2,1-3H3,(H,22,23). The maximum atomic E-state index is 12.2. The molecule has 0 amide bonds.